The first-order valence-electron chi connectivity index (χ1n) is 11.6. The highest BCUT2D eigenvalue weighted by atomic mass is 16.5. The number of carbonyl (C=O) groups excluding carboxylic acids is 1. The monoisotopic (exact) mass is 482 g/mol. The molecule has 1 aliphatic rings. The summed E-state index contributed by atoms with van der Waals surface area (Å²) in [6.07, 6.45) is 0.686. The van der Waals surface area contributed by atoms with E-state index in [1.807, 2.05) is 67.6 Å². The first-order valence-corrected chi connectivity index (χ1v) is 11.6. The van der Waals surface area contributed by atoms with Crippen LogP contribution in [-0.2, 0) is 6.42 Å². The second-order valence-electron chi connectivity index (χ2n) is 8.49. The number of hydrogen-bond acceptors (Lipinski definition) is 6. The van der Waals surface area contributed by atoms with E-state index < -0.39 is 6.04 Å². The lowest BCUT2D eigenvalue weighted by molar-refractivity contribution is 0.205. The number of methoxy groups -OCH3 is 1. The summed E-state index contributed by atoms with van der Waals surface area (Å²) < 4.78 is 10.9. The minimum Gasteiger partial charge on any atom is -0.504 e. The zero-order chi connectivity index (χ0) is 25.1. The Labute approximate surface area is 208 Å². The van der Waals surface area contributed by atoms with Gasteiger partial charge in [0.1, 0.15) is 0 Å². The third-order valence-corrected chi connectivity index (χ3v) is 6.29. The third-order valence-electron chi connectivity index (χ3n) is 6.29. The highest BCUT2D eigenvalue weighted by Gasteiger charge is 2.36. The van der Waals surface area contributed by atoms with Gasteiger partial charge in [0.2, 0.25) is 5.82 Å². The van der Waals surface area contributed by atoms with E-state index in [1.54, 1.807) is 23.1 Å². The molecule has 182 valence electrons. The fraction of sp³-hybridized carbons (Fsp3) is 0.179. The van der Waals surface area contributed by atoms with Crippen LogP contribution in [0.1, 0.15) is 30.0 Å². The van der Waals surface area contributed by atoms with Gasteiger partial charge >= 0.3 is 6.03 Å². The summed E-state index contributed by atoms with van der Waals surface area (Å²) in [6, 6.07) is 23.7. The molecule has 3 aromatic carbocycles. The summed E-state index contributed by atoms with van der Waals surface area (Å²) in [6.45, 7) is 2.35. The van der Waals surface area contributed by atoms with Crippen LogP contribution in [0.15, 0.2) is 89.1 Å². The molecule has 0 saturated heterocycles. The van der Waals surface area contributed by atoms with Crippen LogP contribution in [0.4, 0.5) is 4.79 Å². The van der Waals surface area contributed by atoms with Crippen molar-refractivity contribution in [2.45, 2.75) is 19.4 Å². The highest BCUT2D eigenvalue weighted by Crippen LogP contribution is 2.39. The van der Waals surface area contributed by atoms with Crippen LogP contribution >= 0.6 is 0 Å². The predicted octanol–water partition coefficient (Wildman–Crippen LogP) is 5.19. The number of rotatable bonds is 7. The van der Waals surface area contributed by atoms with Gasteiger partial charge in [0.25, 0.3) is 5.89 Å². The van der Waals surface area contributed by atoms with Gasteiger partial charge in [-0.2, -0.15) is 4.98 Å². The van der Waals surface area contributed by atoms with E-state index >= 15 is 0 Å². The molecule has 1 aromatic heterocycles. The van der Waals surface area contributed by atoms with Crippen LogP contribution in [-0.4, -0.2) is 39.8 Å². The zero-order valence-electron chi connectivity index (χ0n) is 20.0. The van der Waals surface area contributed by atoms with Crippen molar-refractivity contribution in [3.63, 3.8) is 0 Å². The summed E-state index contributed by atoms with van der Waals surface area (Å²) in [4.78, 5) is 19.6. The average Bonchev–Trinajstić information content (AvgIpc) is 3.39. The van der Waals surface area contributed by atoms with Crippen molar-refractivity contribution in [2.24, 2.45) is 0 Å². The maximum Gasteiger partial charge on any atom is 0.322 e. The maximum atomic E-state index is 13.2. The Morgan fingerprint density at radius 1 is 1.06 bits per heavy atom. The molecule has 5 rings (SSSR count). The summed E-state index contributed by atoms with van der Waals surface area (Å²) >= 11 is 0. The molecule has 8 heteroatoms. The number of amides is 2. The average molecular weight is 483 g/mol. The summed E-state index contributed by atoms with van der Waals surface area (Å²) in [7, 11) is 1.49. The second kappa shape index (κ2) is 9.95. The molecule has 0 bridgehead atoms. The van der Waals surface area contributed by atoms with Gasteiger partial charge in [-0.3, -0.25) is 4.90 Å². The minimum absolute atomic E-state index is 0.0248. The van der Waals surface area contributed by atoms with Crippen LogP contribution in [0.2, 0.25) is 0 Å². The topological polar surface area (TPSA) is 101 Å². The largest absolute Gasteiger partial charge is 0.504 e. The number of carbonyl (C=O) groups is 1. The molecule has 36 heavy (non-hydrogen) atoms. The van der Waals surface area contributed by atoms with Crippen molar-refractivity contribution in [1.29, 1.82) is 0 Å². The molecule has 2 amide bonds. The SMILES string of the molecule is COc1ccc(C2NC(=O)N(CCc3ccccc3)C(C)=C2c2nc(-c3ccccc3)no2)cc1O. The fourth-order valence-electron chi connectivity index (χ4n) is 4.39. The number of aromatic hydroxyl groups is 1. The molecular weight excluding hydrogens is 456 g/mol. The molecule has 0 radical (unpaired) electrons. The highest BCUT2D eigenvalue weighted by molar-refractivity contribution is 5.87. The van der Waals surface area contributed by atoms with E-state index in [2.05, 4.69) is 15.5 Å². The molecule has 0 spiro atoms. The number of hydrogen-bond donors (Lipinski definition) is 2. The van der Waals surface area contributed by atoms with Gasteiger partial charge in [-0.05, 0) is 36.6 Å². The lowest BCUT2D eigenvalue weighted by atomic mass is 9.94. The number of nitrogens with zero attached hydrogens (tertiary/aromatic N) is 3. The molecule has 0 fully saturated rings. The second-order valence-corrected chi connectivity index (χ2v) is 8.49. The van der Waals surface area contributed by atoms with Crippen LogP contribution in [0.25, 0.3) is 17.0 Å². The van der Waals surface area contributed by atoms with Gasteiger partial charge in [0.15, 0.2) is 11.5 Å². The zero-order valence-corrected chi connectivity index (χ0v) is 20.0. The van der Waals surface area contributed by atoms with Crippen molar-refractivity contribution < 1.29 is 19.2 Å². The Balaban J connectivity index is 1.56. The number of phenols is 1. The molecule has 0 saturated carbocycles. The number of ether oxygens (including phenoxy) is 1. The lowest BCUT2D eigenvalue weighted by Gasteiger charge is -2.35. The molecule has 1 atom stereocenters. The van der Waals surface area contributed by atoms with E-state index in [0.29, 0.717) is 47.3 Å². The van der Waals surface area contributed by atoms with Crippen molar-refractivity contribution in [3.05, 3.63) is 102 Å². The van der Waals surface area contributed by atoms with E-state index in [-0.39, 0.29) is 11.8 Å². The number of benzene rings is 3. The van der Waals surface area contributed by atoms with E-state index in [9.17, 15) is 9.90 Å². The van der Waals surface area contributed by atoms with E-state index in [0.717, 1.165) is 11.1 Å². The quantitative estimate of drug-likeness (QED) is 0.376. The Kier molecular flexibility index (Phi) is 6.40. The van der Waals surface area contributed by atoms with Gasteiger partial charge < -0.3 is 19.7 Å². The first-order chi connectivity index (χ1) is 17.5. The lowest BCUT2D eigenvalue weighted by Crippen LogP contribution is -2.46. The van der Waals surface area contributed by atoms with Crippen LogP contribution < -0.4 is 10.1 Å². The fourth-order valence-corrected chi connectivity index (χ4v) is 4.39. The maximum absolute atomic E-state index is 13.2. The molecule has 0 aliphatic carbocycles. The Morgan fingerprint density at radius 3 is 2.47 bits per heavy atom. The van der Waals surface area contributed by atoms with Gasteiger partial charge in [-0.1, -0.05) is 71.9 Å². The molecule has 1 unspecified atom stereocenters. The Morgan fingerprint density at radius 2 is 1.78 bits per heavy atom. The smallest absolute Gasteiger partial charge is 0.322 e. The summed E-state index contributed by atoms with van der Waals surface area (Å²) in [5.41, 5.74) is 3.99. The number of nitrogens with one attached hydrogen (secondary N) is 1. The summed E-state index contributed by atoms with van der Waals surface area (Å²) in [5, 5.41) is 17.7. The van der Waals surface area contributed by atoms with Crippen LogP contribution in [0.5, 0.6) is 11.5 Å². The molecular formula is C28H26N4O4. The van der Waals surface area contributed by atoms with E-state index in [1.165, 1.54) is 7.11 Å². The van der Waals surface area contributed by atoms with Crippen molar-refractivity contribution in [3.8, 4) is 22.9 Å². The Bertz CT molecular complexity index is 1400. The number of allylic oxidation sites excluding steroid dienone is 1. The van der Waals surface area contributed by atoms with E-state index in [4.69, 9.17) is 9.26 Å². The van der Waals surface area contributed by atoms with Gasteiger partial charge in [-0.15, -0.1) is 0 Å². The van der Waals surface area contributed by atoms with Crippen molar-refractivity contribution in [1.82, 2.24) is 20.4 Å². The predicted molar refractivity (Wildman–Crippen MR) is 135 cm³/mol. The molecule has 4 aromatic rings. The third kappa shape index (κ3) is 4.53. The van der Waals surface area contributed by atoms with Crippen molar-refractivity contribution >= 4 is 11.6 Å². The molecule has 2 heterocycles. The van der Waals surface area contributed by atoms with Gasteiger partial charge in [0, 0.05) is 17.8 Å². The first kappa shape index (κ1) is 23.2. The normalized spacial score (nSPS) is 15.7. The number of urea groups is 1. The molecule has 2 N–H and O–H groups in total. The summed E-state index contributed by atoms with van der Waals surface area (Å²) in [5.74, 6) is 1.08. The Hall–Kier alpha value is -4.59. The molecule has 8 nitrogen and oxygen atoms in total. The van der Waals surface area contributed by atoms with Crippen LogP contribution in [0.3, 0.4) is 0 Å². The van der Waals surface area contributed by atoms with Crippen LogP contribution in [0, 0.1) is 0 Å². The minimum atomic E-state index is -0.605. The van der Waals surface area contributed by atoms with Gasteiger partial charge in [-0.25, -0.2) is 4.79 Å². The molecule has 1 aliphatic heterocycles. The number of phenolic OH excluding ortho intramolecular Hbond substituents is 1. The number of aromatic nitrogens is 2. The van der Waals surface area contributed by atoms with Gasteiger partial charge in [0.05, 0.1) is 18.7 Å². The van der Waals surface area contributed by atoms with Crippen molar-refractivity contribution in [2.75, 3.05) is 13.7 Å². The standard InChI is InChI=1S/C28H26N4O4/c1-18-24(27-30-26(31-36-27)20-11-7-4-8-12-20)25(21-13-14-23(35-2)22(33)17-21)29-28(34)32(18)16-15-19-9-5-3-6-10-19/h3-14,17,25,33H,15-16H2,1-2H3,(H,29,34).